The third-order valence-electron chi connectivity index (χ3n) is 4.87. The minimum Gasteiger partial charge on any atom is -0.391 e. The molecule has 0 spiro atoms. The molecule has 2 atom stereocenters. The molecule has 3 N–H and O–H groups in total. The third-order valence-corrected chi connectivity index (χ3v) is 4.87. The highest BCUT2D eigenvalue weighted by atomic mass is 16.5. The van der Waals surface area contributed by atoms with Gasteiger partial charge in [0.2, 0.25) is 0 Å². The lowest BCUT2D eigenvalue weighted by Crippen LogP contribution is -2.53. The third kappa shape index (κ3) is 6.28. The molecule has 1 saturated heterocycles. The SMILES string of the molecule is CC(C)OCCNC(=O)NC1CCN([C@H]2CCCC[C@H]2O)CC1. The van der Waals surface area contributed by atoms with Crippen molar-refractivity contribution in [3.63, 3.8) is 0 Å². The van der Waals surface area contributed by atoms with Crippen LogP contribution in [0, 0.1) is 0 Å². The van der Waals surface area contributed by atoms with Crippen molar-refractivity contribution in [2.45, 2.75) is 76.7 Å². The Kier molecular flexibility index (Phi) is 7.59. The molecule has 134 valence electrons. The summed E-state index contributed by atoms with van der Waals surface area (Å²) in [5.41, 5.74) is 0. The zero-order valence-corrected chi connectivity index (χ0v) is 14.6. The lowest BCUT2D eigenvalue weighted by atomic mass is 9.89. The van der Waals surface area contributed by atoms with Gasteiger partial charge in [0, 0.05) is 31.7 Å². The Morgan fingerprint density at radius 1 is 1.22 bits per heavy atom. The molecule has 6 nitrogen and oxygen atoms in total. The summed E-state index contributed by atoms with van der Waals surface area (Å²) in [6.45, 7) is 6.97. The van der Waals surface area contributed by atoms with Crippen LogP contribution in [0.2, 0.25) is 0 Å². The largest absolute Gasteiger partial charge is 0.391 e. The number of ether oxygens (including phenoxy) is 1. The number of piperidine rings is 1. The van der Waals surface area contributed by atoms with Crippen LogP contribution in [0.3, 0.4) is 0 Å². The molecule has 2 amide bonds. The average Bonchev–Trinajstić information content (AvgIpc) is 2.53. The molecule has 1 aliphatic heterocycles. The second-order valence-corrected chi connectivity index (χ2v) is 7.05. The number of nitrogens with one attached hydrogen (secondary N) is 2. The molecule has 6 heteroatoms. The van der Waals surface area contributed by atoms with Crippen molar-refractivity contribution in [3.05, 3.63) is 0 Å². The van der Waals surface area contributed by atoms with E-state index in [9.17, 15) is 9.90 Å². The summed E-state index contributed by atoms with van der Waals surface area (Å²) < 4.78 is 5.40. The summed E-state index contributed by atoms with van der Waals surface area (Å²) in [6, 6.07) is 0.457. The summed E-state index contributed by atoms with van der Waals surface area (Å²) in [4.78, 5) is 14.3. The van der Waals surface area contributed by atoms with E-state index >= 15 is 0 Å². The molecule has 1 aliphatic carbocycles. The van der Waals surface area contributed by atoms with Crippen LogP contribution in [-0.2, 0) is 4.74 Å². The van der Waals surface area contributed by atoms with E-state index in [-0.39, 0.29) is 24.3 Å². The Bertz CT molecular complexity index is 357. The molecule has 2 fully saturated rings. The van der Waals surface area contributed by atoms with E-state index in [4.69, 9.17) is 4.74 Å². The monoisotopic (exact) mass is 327 g/mol. The summed E-state index contributed by atoms with van der Waals surface area (Å²) in [5, 5.41) is 16.0. The number of amides is 2. The first-order valence-corrected chi connectivity index (χ1v) is 9.14. The van der Waals surface area contributed by atoms with Gasteiger partial charge in [0.25, 0.3) is 0 Å². The molecule has 0 aromatic rings. The molecule has 23 heavy (non-hydrogen) atoms. The summed E-state index contributed by atoms with van der Waals surface area (Å²) in [6.07, 6.45) is 6.35. The molecule has 1 heterocycles. The number of hydrogen-bond donors (Lipinski definition) is 3. The lowest BCUT2D eigenvalue weighted by molar-refractivity contribution is 0.00775. The standard InChI is InChI=1S/C17H33N3O3/c1-13(2)23-12-9-18-17(22)19-14-7-10-20(11-8-14)15-5-3-4-6-16(15)21/h13-16,21H,3-12H2,1-2H3,(H2,18,19,22)/t15-,16+/m0/s1. The molecule has 0 bridgehead atoms. The number of hydrogen-bond acceptors (Lipinski definition) is 4. The second kappa shape index (κ2) is 9.45. The number of likely N-dealkylation sites (tertiary alicyclic amines) is 1. The highest BCUT2D eigenvalue weighted by Gasteiger charge is 2.31. The maximum absolute atomic E-state index is 11.9. The minimum atomic E-state index is -0.169. The summed E-state index contributed by atoms with van der Waals surface area (Å²) in [7, 11) is 0. The maximum atomic E-state index is 11.9. The first-order chi connectivity index (χ1) is 11.1. The predicted octanol–water partition coefficient (Wildman–Crippen LogP) is 1.48. The zero-order chi connectivity index (χ0) is 16.7. The number of carbonyl (C=O) groups is 1. The van der Waals surface area contributed by atoms with Crippen LogP contribution in [0.4, 0.5) is 4.79 Å². The van der Waals surface area contributed by atoms with E-state index in [1.165, 1.54) is 6.42 Å². The molecule has 1 saturated carbocycles. The molecular formula is C17H33N3O3. The van der Waals surface area contributed by atoms with Crippen molar-refractivity contribution in [3.8, 4) is 0 Å². The molecule has 2 rings (SSSR count). The Labute approximate surface area is 139 Å². The number of nitrogens with zero attached hydrogens (tertiary/aromatic N) is 1. The molecule has 0 radical (unpaired) electrons. The van der Waals surface area contributed by atoms with Gasteiger partial charge in [-0.3, -0.25) is 4.90 Å². The van der Waals surface area contributed by atoms with Crippen molar-refractivity contribution in [1.82, 2.24) is 15.5 Å². The van der Waals surface area contributed by atoms with E-state index in [2.05, 4.69) is 15.5 Å². The summed E-state index contributed by atoms with van der Waals surface area (Å²) >= 11 is 0. The normalized spacial score (nSPS) is 27.1. The molecule has 2 aliphatic rings. The second-order valence-electron chi connectivity index (χ2n) is 7.05. The number of carbonyl (C=O) groups excluding carboxylic acids is 1. The van der Waals surface area contributed by atoms with Crippen molar-refractivity contribution in [1.29, 1.82) is 0 Å². The van der Waals surface area contributed by atoms with Crippen LogP contribution in [-0.4, -0.2) is 66.6 Å². The Hall–Kier alpha value is -0.850. The zero-order valence-electron chi connectivity index (χ0n) is 14.6. The fourth-order valence-corrected chi connectivity index (χ4v) is 3.59. The van der Waals surface area contributed by atoms with E-state index in [1.807, 2.05) is 13.8 Å². The summed E-state index contributed by atoms with van der Waals surface area (Å²) in [5.74, 6) is 0. The maximum Gasteiger partial charge on any atom is 0.315 e. The lowest BCUT2D eigenvalue weighted by Gasteiger charge is -2.41. The Morgan fingerprint density at radius 3 is 2.57 bits per heavy atom. The molecule has 0 aromatic heterocycles. The molecule has 0 aromatic carbocycles. The molecule has 0 unspecified atom stereocenters. The predicted molar refractivity (Wildman–Crippen MR) is 90.5 cm³/mol. The van der Waals surface area contributed by atoms with Gasteiger partial charge in [0.1, 0.15) is 0 Å². The molecular weight excluding hydrogens is 294 g/mol. The number of aliphatic hydroxyl groups excluding tert-OH is 1. The van der Waals surface area contributed by atoms with Crippen LogP contribution < -0.4 is 10.6 Å². The van der Waals surface area contributed by atoms with Gasteiger partial charge >= 0.3 is 6.03 Å². The van der Waals surface area contributed by atoms with Crippen LogP contribution in [0.1, 0.15) is 52.4 Å². The van der Waals surface area contributed by atoms with Gasteiger partial charge in [-0.2, -0.15) is 0 Å². The van der Waals surface area contributed by atoms with Crippen LogP contribution in [0.5, 0.6) is 0 Å². The van der Waals surface area contributed by atoms with Crippen molar-refractivity contribution < 1.29 is 14.6 Å². The van der Waals surface area contributed by atoms with E-state index in [0.29, 0.717) is 19.2 Å². The van der Waals surface area contributed by atoms with Crippen molar-refractivity contribution >= 4 is 6.03 Å². The number of rotatable bonds is 6. The first-order valence-electron chi connectivity index (χ1n) is 9.14. The van der Waals surface area contributed by atoms with Gasteiger partial charge in [-0.05, 0) is 39.5 Å². The van der Waals surface area contributed by atoms with E-state index < -0.39 is 0 Å². The number of aliphatic hydroxyl groups is 1. The van der Waals surface area contributed by atoms with Gasteiger partial charge in [-0.1, -0.05) is 12.8 Å². The minimum absolute atomic E-state index is 0.103. The van der Waals surface area contributed by atoms with Gasteiger partial charge in [0.15, 0.2) is 0 Å². The van der Waals surface area contributed by atoms with Crippen LogP contribution >= 0.6 is 0 Å². The topological polar surface area (TPSA) is 73.8 Å². The Morgan fingerprint density at radius 2 is 1.91 bits per heavy atom. The number of urea groups is 1. The fourth-order valence-electron chi connectivity index (χ4n) is 3.59. The highest BCUT2D eigenvalue weighted by Crippen LogP contribution is 2.25. The van der Waals surface area contributed by atoms with Crippen molar-refractivity contribution in [2.24, 2.45) is 0 Å². The van der Waals surface area contributed by atoms with Crippen LogP contribution in [0.15, 0.2) is 0 Å². The smallest absolute Gasteiger partial charge is 0.315 e. The average molecular weight is 327 g/mol. The van der Waals surface area contributed by atoms with Crippen LogP contribution in [0.25, 0.3) is 0 Å². The van der Waals surface area contributed by atoms with E-state index in [0.717, 1.165) is 45.2 Å². The Balaban J connectivity index is 1.61. The first kappa shape index (κ1) is 18.5. The fraction of sp³-hybridized carbons (Fsp3) is 0.941. The van der Waals surface area contributed by atoms with Gasteiger partial charge < -0.3 is 20.5 Å². The van der Waals surface area contributed by atoms with E-state index in [1.54, 1.807) is 0 Å². The highest BCUT2D eigenvalue weighted by molar-refractivity contribution is 5.74. The van der Waals surface area contributed by atoms with Crippen molar-refractivity contribution in [2.75, 3.05) is 26.2 Å². The van der Waals surface area contributed by atoms with Gasteiger partial charge in [-0.25, -0.2) is 4.79 Å². The van der Waals surface area contributed by atoms with Gasteiger partial charge in [0.05, 0.1) is 18.8 Å². The van der Waals surface area contributed by atoms with Gasteiger partial charge in [-0.15, -0.1) is 0 Å². The quantitative estimate of drug-likeness (QED) is 0.646.